The van der Waals surface area contributed by atoms with Crippen molar-refractivity contribution >= 4 is 50.1 Å². The van der Waals surface area contributed by atoms with Gasteiger partial charge in [0, 0.05) is 32.4 Å². The van der Waals surface area contributed by atoms with Crippen LogP contribution in [0.2, 0.25) is 0 Å². The summed E-state index contributed by atoms with van der Waals surface area (Å²) < 4.78 is 47.8. The van der Waals surface area contributed by atoms with Gasteiger partial charge in [-0.1, -0.05) is 11.3 Å². The fraction of sp³-hybridized carbons (Fsp3) is 0.364. The molecule has 1 fully saturated rings. The number of carboxylic acid groups (broad SMARTS) is 1. The van der Waals surface area contributed by atoms with Crippen molar-refractivity contribution in [1.29, 1.82) is 0 Å². The Balaban J connectivity index is 1.53. The Kier molecular flexibility index (Phi) is 6.62. The molecule has 0 aliphatic carbocycles. The van der Waals surface area contributed by atoms with E-state index in [1.807, 2.05) is 4.90 Å². The van der Waals surface area contributed by atoms with E-state index >= 15 is 0 Å². The van der Waals surface area contributed by atoms with Gasteiger partial charge in [-0.25, -0.2) is 14.8 Å². The summed E-state index contributed by atoms with van der Waals surface area (Å²) in [5.41, 5.74) is 6.58. The van der Waals surface area contributed by atoms with Gasteiger partial charge in [0.25, 0.3) is 5.91 Å². The summed E-state index contributed by atoms with van der Waals surface area (Å²) in [6, 6.07) is 5.22. The van der Waals surface area contributed by atoms with Gasteiger partial charge in [0.1, 0.15) is 5.75 Å². The standard InChI is InChI=1S/C22H22F3N7O5S/c1-30-17-14(8-11(10-27-17)19(34)35)32(18(16(26)33)31-4-6-36-7-5-31)21(30)29-20-28-13-3-2-12(9-15(13)38-20)37-22(23,24)25/h2-3,8-10,18,21H,4-7H2,1H3,(H2,26,33)(H,28,29)(H,34,35). The summed E-state index contributed by atoms with van der Waals surface area (Å²) >= 11 is 1.08. The zero-order valence-corrected chi connectivity index (χ0v) is 20.6. The van der Waals surface area contributed by atoms with Crippen LogP contribution in [0.5, 0.6) is 5.75 Å². The third kappa shape index (κ3) is 4.97. The van der Waals surface area contributed by atoms with Crippen LogP contribution in [0.3, 0.4) is 0 Å². The molecule has 1 saturated heterocycles. The SMILES string of the molecule is CN1c2ncc(C(=O)O)cc2N(C(C(N)=O)N2CCOCC2)C1Nc1nc2ccc(OC(F)(F)F)cc2s1. The molecule has 0 radical (unpaired) electrons. The van der Waals surface area contributed by atoms with Gasteiger partial charge in [-0.15, -0.1) is 13.2 Å². The lowest BCUT2D eigenvalue weighted by molar-refractivity contribution is -0.274. The van der Waals surface area contributed by atoms with E-state index in [0.717, 1.165) is 11.3 Å². The summed E-state index contributed by atoms with van der Waals surface area (Å²) in [5, 5.41) is 13.1. The van der Waals surface area contributed by atoms with Crippen molar-refractivity contribution in [2.45, 2.75) is 18.8 Å². The number of benzene rings is 1. The van der Waals surface area contributed by atoms with Gasteiger partial charge < -0.3 is 35.4 Å². The van der Waals surface area contributed by atoms with Crippen molar-refractivity contribution in [3.05, 3.63) is 36.0 Å². The number of thiazole rings is 1. The molecule has 1 aromatic carbocycles. The lowest BCUT2D eigenvalue weighted by atomic mass is 10.2. The van der Waals surface area contributed by atoms with E-state index in [1.54, 1.807) is 16.8 Å². The van der Waals surface area contributed by atoms with Crippen molar-refractivity contribution in [3.8, 4) is 5.75 Å². The number of carboxylic acids is 1. The number of ether oxygens (including phenoxy) is 2. The van der Waals surface area contributed by atoms with E-state index in [-0.39, 0.29) is 11.3 Å². The van der Waals surface area contributed by atoms with Crippen molar-refractivity contribution in [2.75, 3.05) is 48.5 Å². The number of morpholine rings is 1. The number of nitrogens with one attached hydrogen (secondary N) is 1. The van der Waals surface area contributed by atoms with Crippen LogP contribution >= 0.6 is 11.3 Å². The van der Waals surface area contributed by atoms with Gasteiger partial charge in [0.15, 0.2) is 23.4 Å². The Labute approximate surface area is 217 Å². The maximum absolute atomic E-state index is 12.8. The molecule has 38 heavy (non-hydrogen) atoms. The predicted octanol–water partition coefficient (Wildman–Crippen LogP) is 2.08. The summed E-state index contributed by atoms with van der Waals surface area (Å²) in [7, 11) is 1.70. The van der Waals surface area contributed by atoms with Gasteiger partial charge >= 0.3 is 12.3 Å². The zero-order chi connectivity index (χ0) is 27.2. The number of hydrogen-bond donors (Lipinski definition) is 3. The molecule has 2 aliphatic heterocycles. The average Bonchev–Trinajstić information content (AvgIpc) is 3.37. The number of alkyl halides is 3. The molecule has 5 rings (SSSR count). The molecule has 1 amide bonds. The second-order valence-electron chi connectivity index (χ2n) is 8.53. The first kappa shape index (κ1) is 25.7. The molecule has 0 spiro atoms. The van der Waals surface area contributed by atoms with Crippen LogP contribution in [-0.4, -0.2) is 84.0 Å². The Morgan fingerprint density at radius 1 is 1.29 bits per heavy atom. The first-order chi connectivity index (χ1) is 18.0. The quantitative estimate of drug-likeness (QED) is 0.395. The number of hydrogen-bond acceptors (Lipinski definition) is 11. The normalized spacial score (nSPS) is 18.9. The topological polar surface area (TPSA) is 146 Å². The molecule has 0 bridgehead atoms. The van der Waals surface area contributed by atoms with Crippen LogP contribution in [0.1, 0.15) is 10.4 Å². The van der Waals surface area contributed by atoms with Gasteiger partial charge in [-0.05, 0) is 18.2 Å². The predicted molar refractivity (Wildman–Crippen MR) is 131 cm³/mol. The Bertz CT molecular complexity index is 1380. The third-order valence-electron chi connectivity index (χ3n) is 6.09. The summed E-state index contributed by atoms with van der Waals surface area (Å²) in [6.07, 6.45) is -5.41. The number of aromatic carboxylic acids is 1. The highest BCUT2D eigenvalue weighted by molar-refractivity contribution is 7.22. The van der Waals surface area contributed by atoms with Crippen LogP contribution in [0.25, 0.3) is 10.2 Å². The number of pyridine rings is 1. The van der Waals surface area contributed by atoms with Gasteiger partial charge in [0.05, 0.1) is 34.7 Å². The molecule has 4 N–H and O–H groups in total. The van der Waals surface area contributed by atoms with Gasteiger partial charge in [0.2, 0.25) is 0 Å². The minimum Gasteiger partial charge on any atom is -0.478 e. The first-order valence-electron chi connectivity index (χ1n) is 11.3. The van der Waals surface area contributed by atoms with E-state index < -0.39 is 30.7 Å². The number of nitrogens with two attached hydrogens (primary N) is 1. The number of amides is 1. The molecule has 2 aliphatic rings. The minimum absolute atomic E-state index is 0.0785. The molecule has 0 saturated carbocycles. The number of fused-ring (bicyclic) bond motifs is 2. The second kappa shape index (κ2) is 9.77. The fourth-order valence-corrected chi connectivity index (χ4v) is 5.39. The van der Waals surface area contributed by atoms with E-state index in [1.165, 1.54) is 30.5 Å². The molecule has 4 heterocycles. The molecule has 12 nitrogen and oxygen atoms in total. The molecular formula is C22H22F3N7O5S. The Morgan fingerprint density at radius 3 is 2.68 bits per heavy atom. The lowest BCUT2D eigenvalue weighted by Gasteiger charge is -2.42. The van der Waals surface area contributed by atoms with E-state index in [4.69, 9.17) is 10.5 Å². The van der Waals surface area contributed by atoms with Crippen molar-refractivity contribution in [2.24, 2.45) is 5.73 Å². The summed E-state index contributed by atoms with van der Waals surface area (Å²) in [4.78, 5) is 38.4. The largest absolute Gasteiger partial charge is 0.573 e. The maximum Gasteiger partial charge on any atom is 0.573 e. The van der Waals surface area contributed by atoms with Crippen molar-refractivity contribution in [1.82, 2.24) is 14.9 Å². The highest BCUT2D eigenvalue weighted by Crippen LogP contribution is 2.41. The Hall–Kier alpha value is -3.89. The number of anilines is 3. The average molecular weight is 554 g/mol. The molecule has 16 heteroatoms. The van der Waals surface area contributed by atoms with E-state index in [0.29, 0.717) is 53.2 Å². The van der Waals surface area contributed by atoms with Gasteiger partial charge in [-0.3, -0.25) is 9.69 Å². The smallest absolute Gasteiger partial charge is 0.478 e. The van der Waals surface area contributed by atoms with E-state index in [2.05, 4.69) is 20.0 Å². The fourth-order valence-electron chi connectivity index (χ4n) is 4.48. The monoisotopic (exact) mass is 553 g/mol. The van der Waals surface area contributed by atoms with Crippen molar-refractivity contribution in [3.63, 3.8) is 0 Å². The highest BCUT2D eigenvalue weighted by atomic mass is 32.1. The van der Waals surface area contributed by atoms with Crippen molar-refractivity contribution < 1.29 is 37.3 Å². The summed E-state index contributed by atoms with van der Waals surface area (Å²) in [6.45, 7) is 1.58. The molecule has 2 aromatic heterocycles. The molecular weight excluding hydrogens is 531 g/mol. The second-order valence-corrected chi connectivity index (χ2v) is 9.56. The number of aromatic nitrogens is 2. The van der Waals surface area contributed by atoms with Crippen LogP contribution < -0.4 is 25.6 Å². The van der Waals surface area contributed by atoms with Crippen LogP contribution in [0.4, 0.5) is 29.8 Å². The third-order valence-corrected chi connectivity index (χ3v) is 7.04. The van der Waals surface area contributed by atoms with Crippen LogP contribution in [-0.2, 0) is 9.53 Å². The van der Waals surface area contributed by atoms with Crippen LogP contribution in [0, 0.1) is 0 Å². The maximum atomic E-state index is 12.8. The number of halogens is 3. The number of nitrogens with zero attached hydrogens (tertiary/aromatic N) is 5. The first-order valence-corrected chi connectivity index (χ1v) is 12.1. The zero-order valence-electron chi connectivity index (χ0n) is 19.8. The number of rotatable bonds is 7. The molecule has 202 valence electrons. The lowest BCUT2D eigenvalue weighted by Crippen LogP contribution is -2.63. The Morgan fingerprint density at radius 2 is 2.03 bits per heavy atom. The molecule has 2 atom stereocenters. The number of primary amides is 1. The van der Waals surface area contributed by atoms with Crippen LogP contribution in [0.15, 0.2) is 30.5 Å². The highest BCUT2D eigenvalue weighted by Gasteiger charge is 2.44. The molecule has 3 aromatic rings. The summed E-state index contributed by atoms with van der Waals surface area (Å²) in [5.74, 6) is -1.84. The van der Waals surface area contributed by atoms with E-state index in [9.17, 15) is 27.9 Å². The number of carbonyl (C=O) groups excluding carboxylic acids is 1. The number of carbonyl (C=O) groups is 2. The minimum atomic E-state index is -4.83. The van der Waals surface area contributed by atoms with Gasteiger partial charge in [-0.2, -0.15) is 0 Å². The molecule has 2 unspecified atom stereocenters.